The maximum absolute atomic E-state index is 13.2. The summed E-state index contributed by atoms with van der Waals surface area (Å²) in [5, 5.41) is 5.15. The summed E-state index contributed by atoms with van der Waals surface area (Å²) < 4.78 is 29.6. The molecule has 0 bridgehead atoms. The molecule has 2 aromatic rings. The van der Waals surface area contributed by atoms with Crippen LogP contribution in [0.4, 0.5) is 0 Å². The Morgan fingerprint density at radius 2 is 1.89 bits per heavy atom. The van der Waals surface area contributed by atoms with Crippen LogP contribution < -0.4 is 5.32 Å². The number of hydrogen-bond donors (Lipinski definition) is 1. The number of amidine groups is 1. The summed E-state index contributed by atoms with van der Waals surface area (Å²) in [7, 11) is -0.228. The second kappa shape index (κ2) is 10.1. The van der Waals surface area contributed by atoms with Crippen molar-refractivity contribution in [3.05, 3.63) is 41.4 Å². The molecule has 1 aromatic carbocycles. The van der Waals surface area contributed by atoms with Gasteiger partial charge >= 0.3 is 0 Å². The van der Waals surface area contributed by atoms with E-state index in [0.717, 1.165) is 48.0 Å². The number of fused-ring (bicyclic) bond motifs is 1. The molecule has 1 spiro atoms. The number of hydrogen-bond acceptors (Lipinski definition) is 5. The first-order valence-electron chi connectivity index (χ1n) is 13.1. The van der Waals surface area contributed by atoms with Crippen molar-refractivity contribution in [2.45, 2.75) is 57.0 Å². The molecule has 5 rings (SSSR count). The average molecular weight is 526 g/mol. The van der Waals surface area contributed by atoms with E-state index < -0.39 is 15.6 Å². The van der Waals surface area contributed by atoms with Crippen LogP contribution in [0.15, 0.2) is 40.9 Å². The fourth-order valence-electron chi connectivity index (χ4n) is 5.62. The van der Waals surface area contributed by atoms with Crippen LogP contribution in [0.25, 0.3) is 17.0 Å². The van der Waals surface area contributed by atoms with Crippen LogP contribution in [0.1, 0.15) is 50.5 Å². The van der Waals surface area contributed by atoms with E-state index in [9.17, 15) is 18.0 Å². The van der Waals surface area contributed by atoms with Gasteiger partial charge < -0.3 is 14.8 Å². The summed E-state index contributed by atoms with van der Waals surface area (Å²) >= 11 is 0. The predicted octanol–water partition coefficient (Wildman–Crippen LogP) is 2.97. The fraction of sp³-hybridized carbons (Fsp3) is 0.519. The van der Waals surface area contributed by atoms with Crippen LogP contribution in [-0.4, -0.2) is 72.6 Å². The minimum absolute atomic E-state index is 0.0185. The maximum Gasteiger partial charge on any atom is 0.253 e. The Bertz CT molecular complexity index is 1360. The molecule has 10 heteroatoms. The van der Waals surface area contributed by atoms with Crippen LogP contribution in [0, 0.1) is 5.92 Å². The van der Waals surface area contributed by atoms with E-state index in [1.165, 1.54) is 16.1 Å². The summed E-state index contributed by atoms with van der Waals surface area (Å²) in [6.07, 6.45) is 9.92. The number of aromatic nitrogens is 1. The normalized spacial score (nSPS) is 21.0. The number of rotatable bonds is 6. The number of aliphatic imine (C=N–C) groups is 1. The monoisotopic (exact) mass is 525 g/mol. The number of amides is 2. The molecule has 3 aliphatic rings. The second-order valence-corrected chi connectivity index (χ2v) is 12.4. The zero-order valence-corrected chi connectivity index (χ0v) is 22.3. The van der Waals surface area contributed by atoms with Gasteiger partial charge in [0.25, 0.3) is 5.91 Å². The molecule has 198 valence electrons. The van der Waals surface area contributed by atoms with E-state index in [-0.39, 0.29) is 31.4 Å². The summed E-state index contributed by atoms with van der Waals surface area (Å²) in [4.78, 5) is 31.4. The van der Waals surface area contributed by atoms with Gasteiger partial charge in [-0.1, -0.05) is 31.4 Å². The number of carbonyl (C=O) groups is 2. The zero-order chi connectivity index (χ0) is 26.2. The van der Waals surface area contributed by atoms with E-state index in [1.54, 1.807) is 25.1 Å². The lowest BCUT2D eigenvalue weighted by atomic mass is 9.88. The molecule has 9 nitrogen and oxygen atoms in total. The molecular weight excluding hydrogens is 490 g/mol. The molecule has 1 saturated carbocycles. The van der Waals surface area contributed by atoms with Crippen LogP contribution in [0.5, 0.6) is 0 Å². The molecule has 0 radical (unpaired) electrons. The molecule has 1 aromatic heterocycles. The number of nitrogens with one attached hydrogen (secondary N) is 1. The van der Waals surface area contributed by atoms with Gasteiger partial charge in [0.05, 0.1) is 0 Å². The van der Waals surface area contributed by atoms with Crippen molar-refractivity contribution in [1.29, 1.82) is 0 Å². The van der Waals surface area contributed by atoms with Gasteiger partial charge in [-0.3, -0.25) is 14.6 Å². The Labute approximate surface area is 218 Å². The number of nitrogens with zero attached hydrogens (tertiary/aromatic N) is 4. The third-order valence-corrected chi connectivity index (χ3v) is 9.54. The van der Waals surface area contributed by atoms with Gasteiger partial charge in [0, 0.05) is 55.6 Å². The first kappa shape index (κ1) is 25.7. The van der Waals surface area contributed by atoms with E-state index in [0.29, 0.717) is 18.8 Å². The fourth-order valence-corrected chi connectivity index (χ4v) is 6.81. The van der Waals surface area contributed by atoms with Crippen molar-refractivity contribution in [3.63, 3.8) is 0 Å². The zero-order valence-electron chi connectivity index (χ0n) is 21.5. The number of sulfonamides is 1. The third kappa shape index (κ3) is 5.09. The molecule has 37 heavy (non-hydrogen) atoms. The highest BCUT2D eigenvalue weighted by molar-refractivity contribution is 7.92. The van der Waals surface area contributed by atoms with Crippen molar-refractivity contribution >= 4 is 44.7 Å². The highest BCUT2D eigenvalue weighted by Crippen LogP contribution is 2.35. The first-order valence-corrected chi connectivity index (χ1v) is 14.6. The number of carbonyl (C=O) groups excluding carboxylic acids is 2. The summed E-state index contributed by atoms with van der Waals surface area (Å²) in [5.74, 6) is 1.04. The van der Waals surface area contributed by atoms with Gasteiger partial charge in [0.1, 0.15) is 17.9 Å². The van der Waals surface area contributed by atoms with Crippen LogP contribution in [0.3, 0.4) is 0 Å². The van der Waals surface area contributed by atoms with Crippen molar-refractivity contribution in [1.82, 2.24) is 19.1 Å². The molecule has 1 aliphatic carbocycles. The van der Waals surface area contributed by atoms with Crippen LogP contribution in [-0.2, 0) is 26.2 Å². The predicted molar refractivity (Wildman–Crippen MR) is 144 cm³/mol. The minimum atomic E-state index is -3.67. The van der Waals surface area contributed by atoms with Gasteiger partial charge in [-0.25, -0.2) is 8.42 Å². The Hall–Kier alpha value is -2.98. The Balaban J connectivity index is 1.28. The maximum atomic E-state index is 13.2. The number of benzene rings is 1. The van der Waals surface area contributed by atoms with E-state index in [1.807, 2.05) is 35.0 Å². The van der Waals surface area contributed by atoms with E-state index >= 15 is 0 Å². The van der Waals surface area contributed by atoms with Gasteiger partial charge in [-0.05, 0) is 49.5 Å². The Morgan fingerprint density at radius 1 is 1.16 bits per heavy atom. The highest BCUT2D eigenvalue weighted by Gasteiger charge is 2.48. The van der Waals surface area contributed by atoms with Crippen molar-refractivity contribution in [2.75, 3.05) is 27.2 Å². The summed E-state index contributed by atoms with van der Waals surface area (Å²) in [6, 6.07) is 7.54. The van der Waals surface area contributed by atoms with Crippen molar-refractivity contribution in [3.8, 4) is 0 Å². The van der Waals surface area contributed by atoms with Crippen molar-refractivity contribution in [2.24, 2.45) is 10.9 Å². The lowest BCUT2D eigenvalue weighted by Gasteiger charge is -2.34. The summed E-state index contributed by atoms with van der Waals surface area (Å²) in [5.41, 5.74) is 0.803. The molecule has 0 unspecified atom stereocenters. The molecule has 2 amide bonds. The lowest BCUT2D eigenvalue weighted by Crippen LogP contribution is -2.50. The quantitative estimate of drug-likeness (QED) is 0.626. The van der Waals surface area contributed by atoms with E-state index in [2.05, 4.69) is 5.32 Å². The Morgan fingerprint density at radius 3 is 2.59 bits per heavy atom. The van der Waals surface area contributed by atoms with Gasteiger partial charge in [-0.15, -0.1) is 0 Å². The third-order valence-electron chi connectivity index (χ3n) is 7.97. The van der Waals surface area contributed by atoms with Gasteiger partial charge in [-0.2, -0.15) is 4.31 Å². The first-order chi connectivity index (χ1) is 17.7. The standard InChI is InChI=1S/C27H35N5O4S/c1-30(2)24(33)19-31-15-11-22-20(9-6-10-23(22)31)12-18-37(35,36)32-16-13-27(14-17-32)26(34)28-25(29-27)21-7-4-3-5-8-21/h6,9-12,15,18,21H,3-5,7-8,13-14,16-17,19H2,1-2H3,(H,28,29,34)/b18-12+. The molecule has 3 heterocycles. The SMILES string of the molecule is CN(C)C(=O)Cn1ccc2c(/C=C/S(=O)(=O)N3CCC4(CC3)N=C(C3CCCCC3)NC4=O)cccc21. The Kier molecular flexibility index (Phi) is 6.97. The molecular formula is C27H35N5O4S. The smallest absolute Gasteiger partial charge is 0.253 e. The molecule has 1 N–H and O–H groups in total. The molecule has 0 atom stereocenters. The minimum Gasteiger partial charge on any atom is -0.347 e. The van der Waals surface area contributed by atoms with E-state index in [4.69, 9.17) is 4.99 Å². The van der Waals surface area contributed by atoms with Gasteiger partial charge in [0.15, 0.2) is 0 Å². The largest absolute Gasteiger partial charge is 0.347 e. The molecule has 2 fully saturated rings. The number of likely N-dealkylation sites (N-methyl/N-ethyl adjacent to an activating group) is 1. The molecule has 1 saturated heterocycles. The van der Waals surface area contributed by atoms with Crippen LogP contribution >= 0.6 is 0 Å². The van der Waals surface area contributed by atoms with Gasteiger partial charge in [0.2, 0.25) is 15.9 Å². The topological polar surface area (TPSA) is 104 Å². The second-order valence-electron chi connectivity index (χ2n) is 10.6. The number of piperidine rings is 1. The molecule has 2 aliphatic heterocycles. The lowest BCUT2D eigenvalue weighted by molar-refractivity contribution is -0.129. The van der Waals surface area contributed by atoms with Crippen LogP contribution in [0.2, 0.25) is 0 Å². The van der Waals surface area contributed by atoms with Crippen molar-refractivity contribution < 1.29 is 18.0 Å². The summed E-state index contributed by atoms with van der Waals surface area (Å²) in [6.45, 7) is 0.736. The average Bonchev–Trinajstić information content (AvgIpc) is 3.44. The highest BCUT2D eigenvalue weighted by atomic mass is 32.2.